The normalized spacial score (nSPS) is 21.6. The second kappa shape index (κ2) is 15.4. The van der Waals surface area contributed by atoms with Gasteiger partial charge in [-0.2, -0.15) is 0 Å². The fraction of sp³-hybridized carbons (Fsp3) is 0.455. The molecule has 5 aliphatic heterocycles. The number of methoxy groups -OCH3 is 3. The van der Waals surface area contributed by atoms with Crippen molar-refractivity contribution in [1.29, 1.82) is 0 Å². The Bertz CT molecular complexity index is 2000. The SMILES string of the molecule is COc1ccc2cc1Oc1ccc(cc1)C[C@H]1c3cc(c(CO)cc3CCN1C)Oc1c(OC)c(OC)c(CN3CCCC(O)C3)c3c1[C@H](C2)N(C)CC3. The van der Waals surface area contributed by atoms with Crippen molar-refractivity contribution in [3.8, 4) is 40.2 Å². The van der Waals surface area contributed by atoms with Crippen molar-refractivity contribution in [3.63, 3.8) is 0 Å². The Labute approximate surface area is 318 Å². The van der Waals surface area contributed by atoms with E-state index in [0.717, 1.165) is 79.7 Å². The van der Waals surface area contributed by atoms with Crippen molar-refractivity contribution in [2.24, 2.45) is 0 Å². The third-order valence-electron chi connectivity index (χ3n) is 12.0. The first-order chi connectivity index (χ1) is 26.3. The molecule has 5 heterocycles. The molecule has 286 valence electrons. The van der Waals surface area contributed by atoms with Crippen LogP contribution in [-0.4, -0.2) is 92.6 Å². The number of aliphatic hydroxyl groups excluding tert-OH is 2. The Kier molecular flexibility index (Phi) is 10.5. The molecule has 10 nitrogen and oxygen atoms in total. The van der Waals surface area contributed by atoms with Crippen molar-refractivity contribution in [3.05, 3.63) is 99.1 Å². The maximum Gasteiger partial charge on any atom is 0.204 e. The van der Waals surface area contributed by atoms with Gasteiger partial charge >= 0.3 is 0 Å². The fourth-order valence-electron chi connectivity index (χ4n) is 9.13. The van der Waals surface area contributed by atoms with Crippen molar-refractivity contribution < 1.29 is 33.9 Å². The average molecular weight is 736 g/mol. The van der Waals surface area contributed by atoms with Crippen LogP contribution in [0.4, 0.5) is 0 Å². The Balaban J connectivity index is 1.37. The predicted octanol–water partition coefficient (Wildman–Crippen LogP) is 6.60. The molecule has 1 saturated heterocycles. The Morgan fingerprint density at radius 3 is 2.26 bits per heavy atom. The molecule has 1 fully saturated rings. The second-order valence-electron chi connectivity index (χ2n) is 15.3. The fourth-order valence-corrected chi connectivity index (χ4v) is 9.13. The first kappa shape index (κ1) is 36.6. The number of likely N-dealkylation sites (tertiary alicyclic amines) is 1. The predicted molar refractivity (Wildman–Crippen MR) is 208 cm³/mol. The largest absolute Gasteiger partial charge is 0.493 e. The molecule has 6 bridgehead atoms. The maximum atomic E-state index is 10.8. The highest BCUT2D eigenvalue weighted by molar-refractivity contribution is 5.67. The van der Waals surface area contributed by atoms with E-state index in [9.17, 15) is 10.2 Å². The molecule has 4 aromatic carbocycles. The summed E-state index contributed by atoms with van der Waals surface area (Å²) < 4.78 is 32.1. The van der Waals surface area contributed by atoms with Crippen LogP contribution in [-0.2, 0) is 38.8 Å². The third-order valence-corrected chi connectivity index (χ3v) is 12.0. The van der Waals surface area contributed by atoms with E-state index in [1.165, 1.54) is 22.3 Å². The van der Waals surface area contributed by atoms with Gasteiger partial charge in [0.15, 0.2) is 23.0 Å². The van der Waals surface area contributed by atoms with Gasteiger partial charge in [-0.05, 0) is 123 Å². The van der Waals surface area contributed by atoms with Gasteiger partial charge in [-0.15, -0.1) is 0 Å². The standard InChI is InChI=1S/C44H53N3O7/c1-45-17-14-29-22-30(26-48)39-23-34(29)36(45)19-27-8-11-32(12-9-27)53-40-21-28(10-13-38(40)50-3)20-37-41-33(15-18-46(37)2)35(25-47-16-6-7-31(49)24-47)42(51-4)44(52-5)43(41)54-39/h8-13,21-23,31,36-37,48-49H,6-7,14-20,24-26H2,1-5H3/t31?,36-,37-/m0/s1. The monoisotopic (exact) mass is 735 g/mol. The smallest absolute Gasteiger partial charge is 0.204 e. The molecule has 4 aromatic rings. The van der Waals surface area contributed by atoms with Crippen molar-refractivity contribution >= 4 is 0 Å². The topological polar surface area (TPSA) is 96.3 Å². The molecular formula is C44H53N3O7. The van der Waals surface area contributed by atoms with E-state index >= 15 is 0 Å². The van der Waals surface area contributed by atoms with E-state index in [4.69, 9.17) is 23.7 Å². The van der Waals surface area contributed by atoms with Crippen LogP contribution >= 0.6 is 0 Å². The van der Waals surface area contributed by atoms with Gasteiger partial charge in [-0.1, -0.05) is 18.2 Å². The minimum absolute atomic E-state index is 0.0947. The average Bonchev–Trinajstić information content (AvgIpc) is 3.17. The Morgan fingerprint density at radius 2 is 1.52 bits per heavy atom. The van der Waals surface area contributed by atoms with Crippen LogP contribution in [0.5, 0.6) is 40.2 Å². The molecular weight excluding hydrogens is 682 g/mol. The van der Waals surface area contributed by atoms with Crippen LogP contribution in [0.3, 0.4) is 0 Å². The molecule has 0 saturated carbocycles. The molecule has 0 spiro atoms. The number of rotatable bonds is 6. The summed E-state index contributed by atoms with van der Waals surface area (Å²) in [6.07, 6.45) is 4.57. The Hall–Kier alpha value is -4.32. The summed E-state index contributed by atoms with van der Waals surface area (Å²) in [4.78, 5) is 7.13. The van der Waals surface area contributed by atoms with E-state index in [1.54, 1.807) is 21.3 Å². The van der Waals surface area contributed by atoms with E-state index in [-0.39, 0.29) is 24.8 Å². The number of aliphatic hydroxyl groups is 2. The quantitative estimate of drug-likeness (QED) is 0.226. The van der Waals surface area contributed by atoms with Crippen LogP contribution in [0.25, 0.3) is 0 Å². The number of β-amino-alcohol motifs (C(OH)–C–C–N with tert-alkyl or cyclic N) is 1. The molecule has 0 aliphatic carbocycles. The molecule has 0 radical (unpaired) electrons. The van der Waals surface area contributed by atoms with Crippen LogP contribution in [0.2, 0.25) is 0 Å². The molecule has 54 heavy (non-hydrogen) atoms. The number of nitrogens with zero attached hydrogens (tertiary/aromatic N) is 3. The lowest BCUT2D eigenvalue weighted by Crippen LogP contribution is -2.39. The second-order valence-corrected chi connectivity index (χ2v) is 15.3. The summed E-state index contributed by atoms with van der Waals surface area (Å²) in [5.41, 5.74) is 8.78. The molecule has 1 unspecified atom stereocenters. The summed E-state index contributed by atoms with van der Waals surface area (Å²) >= 11 is 0. The van der Waals surface area contributed by atoms with Crippen molar-refractivity contribution in [2.75, 3.05) is 61.6 Å². The zero-order valence-corrected chi connectivity index (χ0v) is 32.2. The molecule has 5 aliphatic rings. The molecule has 2 N–H and O–H groups in total. The van der Waals surface area contributed by atoms with E-state index in [0.29, 0.717) is 54.0 Å². The molecule has 0 amide bonds. The third kappa shape index (κ3) is 6.90. The number of hydrogen-bond acceptors (Lipinski definition) is 10. The van der Waals surface area contributed by atoms with Crippen LogP contribution in [0, 0.1) is 0 Å². The summed E-state index contributed by atoms with van der Waals surface area (Å²) in [5.74, 6) is 4.50. The van der Waals surface area contributed by atoms with Gasteiger partial charge < -0.3 is 33.9 Å². The van der Waals surface area contributed by atoms with Crippen molar-refractivity contribution in [2.45, 2.75) is 69.9 Å². The summed E-state index contributed by atoms with van der Waals surface area (Å²) in [5, 5.41) is 21.5. The van der Waals surface area contributed by atoms with Gasteiger partial charge in [0.25, 0.3) is 0 Å². The highest BCUT2D eigenvalue weighted by Gasteiger charge is 2.38. The lowest BCUT2D eigenvalue weighted by Gasteiger charge is -2.39. The highest BCUT2D eigenvalue weighted by atomic mass is 16.5. The zero-order chi connectivity index (χ0) is 37.5. The van der Waals surface area contributed by atoms with E-state index in [2.05, 4.69) is 65.2 Å². The zero-order valence-electron chi connectivity index (χ0n) is 32.2. The van der Waals surface area contributed by atoms with Gasteiger partial charge in [0, 0.05) is 55.0 Å². The maximum absolute atomic E-state index is 10.8. The van der Waals surface area contributed by atoms with Gasteiger partial charge in [0.05, 0.1) is 34.0 Å². The number of fused-ring (bicyclic) bond motifs is 2. The first-order valence-electron chi connectivity index (χ1n) is 19.3. The number of hydrogen-bond donors (Lipinski definition) is 2. The van der Waals surface area contributed by atoms with Gasteiger partial charge in [-0.3, -0.25) is 14.7 Å². The lowest BCUT2D eigenvalue weighted by molar-refractivity contribution is 0.0660. The van der Waals surface area contributed by atoms with E-state index < -0.39 is 0 Å². The van der Waals surface area contributed by atoms with Gasteiger partial charge in [-0.25, -0.2) is 0 Å². The summed E-state index contributed by atoms with van der Waals surface area (Å²) in [6.45, 7) is 3.75. The van der Waals surface area contributed by atoms with Gasteiger partial charge in [0.1, 0.15) is 11.5 Å². The van der Waals surface area contributed by atoms with E-state index in [1.807, 2.05) is 18.2 Å². The highest BCUT2D eigenvalue weighted by Crippen LogP contribution is 2.53. The van der Waals surface area contributed by atoms with Crippen LogP contribution < -0.4 is 23.7 Å². The summed E-state index contributed by atoms with van der Waals surface area (Å²) in [6, 6.07) is 18.8. The minimum atomic E-state index is -0.350. The Morgan fingerprint density at radius 1 is 0.778 bits per heavy atom. The number of likely N-dealkylation sites (N-methyl/N-ethyl adjacent to an activating group) is 2. The number of ether oxygens (including phenoxy) is 5. The summed E-state index contributed by atoms with van der Waals surface area (Å²) in [7, 11) is 9.39. The number of piperidine rings is 1. The molecule has 0 aromatic heterocycles. The molecule has 3 atom stereocenters. The van der Waals surface area contributed by atoms with Crippen molar-refractivity contribution in [1.82, 2.24) is 14.7 Å². The van der Waals surface area contributed by atoms with Crippen LogP contribution in [0.15, 0.2) is 54.6 Å². The first-order valence-corrected chi connectivity index (χ1v) is 19.3. The van der Waals surface area contributed by atoms with Gasteiger partial charge in [0.2, 0.25) is 5.75 Å². The molecule has 10 heteroatoms. The van der Waals surface area contributed by atoms with Crippen LogP contribution in [0.1, 0.15) is 69.4 Å². The molecule has 9 rings (SSSR count). The number of benzene rings is 4. The minimum Gasteiger partial charge on any atom is -0.493 e. The lowest BCUT2D eigenvalue weighted by atomic mass is 9.84.